The lowest BCUT2D eigenvalue weighted by Crippen LogP contribution is -2.22. The molecule has 5 rings (SSSR count). The van der Waals surface area contributed by atoms with Gasteiger partial charge in [-0.2, -0.15) is 5.26 Å². The van der Waals surface area contributed by atoms with Gasteiger partial charge >= 0.3 is 5.97 Å². The fourth-order valence-electron chi connectivity index (χ4n) is 4.82. The topological polar surface area (TPSA) is 113 Å². The first-order valence-corrected chi connectivity index (χ1v) is 14.0. The molecular weight excluding hydrogens is 563 g/mol. The molecule has 8 nitrogen and oxygen atoms in total. The van der Waals surface area contributed by atoms with E-state index in [9.17, 15) is 14.4 Å². The molecule has 4 aromatic carbocycles. The van der Waals surface area contributed by atoms with Gasteiger partial charge in [-0.25, -0.2) is 9.18 Å². The van der Waals surface area contributed by atoms with Gasteiger partial charge in [0.25, 0.3) is 0 Å². The number of allylic oxidation sites excluding steroid dienone is 1. The molecule has 9 heteroatoms. The standard InChI is InChI=1S/C35H31FN2O6/c1-21(2)23-6-11-26(12-7-23)41-20-33(39)43-27-13-14-28-31(17-27)44-35(38)29(18-37)34(28)24-8-15-30(32(16-24)40-3)42-19-22-4-9-25(36)10-5-22/h4-17,21,34H,19-20,38H2,1-3H3. The minimum atomic E-state index is -0.590. The van der Waals surface area contributed by atoms with Crippen molar-refractivity contribution in [1.29, 1.82) is 5.26 Å². The minimum Gasteiger partial charge on any atom is -0.493 e. The molecule has 0 fully saturated rings. The Morgan fingerprint density at radius 3 is 2.36 bits per heavy atom. The number of esters is 1. The van der Waals surface area contributed by atoms with Crippen LogP contribution in [0.1, 0.15) is 47.9 Å². The first-order chi connectivity index (χ1) is 21.2. The summed E-state index contributed by atoms with van der Waals surface area (Å²) in [5.41, 5.74) is 9.72. The highest BCUT2D eigenvalue weighted by atomic mass is 19.1. The number of halogens is 1. The van der Waals surface area contributed by atoms with Crippen molar-refractivity contribution >= 4 is 5.97 Å². The van der Waals surface area contributed by atoms with Crippen LogP contribution in [0.15, 0.2) is 96.4 Å². The maximum atomic E-state index is 13.2. The third kappa shape index (κ3) is 6.76. The van der Waals surface area contributed by atoms with Crippen LogP contribution < -0.4 is 29.4 Å². The first kappa shape index (κ1) is 30.0. The maximum Gasteiger partial charge on any atom is 0.349 e. The molecule has 0 amide bonds. The summed E-state index contributed by atoms with van der Waals surface area (Å²) in [5, 5.41) is 9.96. The number of fused-ring (bicyclic) bond motifs is 1. The summed E-state index contributed by atoms with van der Waals surface area (Å²) in [4.78, 5) is 12.5. The quantitative estimate of drug-likeness (QED) is 0.159. The van der Waals surface area contributed by atoms with Crippen LogP contribution in [0.4, 0.5) is 4.39 Å². The van der Waals surface area contributed by atoms with Gasteiger partial charge in [-0.1, -0.05) is 50.2 Å². The van der Waals surface area contributed by atoms with E-state index in [-0.39, 0.29) is 36.2 Å². The third-order valence-electron chi connectivity index (χ3n) is 7.15. The Hall–Kier alpha value is -5.49. The highest BCUT2D eigenvalue weighted by Gasteiger charge is 2.32. The molecule has 2 N–H and O–H groups in total. The van der Waals surface area contributed by atoms with Gasteiger partial charge in [-0.3, -0.25) is 0 Å². The zero-order valence-corrected chi connectivity index (χ0v) is 24.5. The molecule has 1 unspecified atom stereocenters. The van der Waals surface area contributed by atoms with Crippen LogP contribution in [-0.2, 0) is 11.4 Å². The van der Waals surface area contributed by atoms with Crippen molar-refractivity contribution in [2.45, 2.75) is 32.3 Å². The van der Waals surface area contributed by atoms with E-state index >= 15 is 0 Å². The molecule has 0 saturated heterocycles. The van der Waals surface area contributed by atoms with Crippen LogP contribution in [0.5, 0.6) is 28.7 Å². The van der Waals surface area contributed by atoms with Gasteiger partial charge in [-0.15, -0.1) is 0 Å². The first-order valence-electron chi connectivity index (χ1n) is 14.0. The van der Waals surface area contributed by atoms with Crippen LogP contribution >= 0.6 is 0 Å². The number of nitrogens with zero attached hydrogens (tertiary/aromatic N) is 1. The van der Waals surface area contributed by atoms with Gasteiger partial charge < -0.3 is 29.4 Å². The number of benzene rings is 4. The predicted molar refractivity (Wildman–Crippen MR) is 161 cm³/mol. The highest BCUT2D eigenvalue weighted by Crippen LogP contribution is 2.45. The van der Waals surface area contributed by atoms with E-state index in [0.717, 1.165) is 5.56 Å². The molecule has 44 heavy (non-hydrogen) atoms. The van der Waals surface area contributed by atoms with Crippen molar-refractivity contribution in [2.24, 2.45) is 5.73 Å². The molecule has 0 bridgehead atoms. The lowest BCUT2D eigenvalue weighted by molar-refractivity contribution is -0.136. The third-order valence-corrected chi connectivity index (χ3v) is 7.15. The number of hydrogen-bond acceptors (Lipinski definition) is 8. The highest BCUT2D eigenvalue weighted by molar-refractivity contribution is 5.74. The van der Waals surface area contributed by atoms with Gasteiger partial charge in [0.2, 0.25) is 5.88 Å². The fourth-order valence-corrected chi connectivity index (χ4v) is 4.82. The minimum absolute atomic E-state index is 0.0581. The average Bonchev–Trinajstić information content (AvgIpc) is 3.03. The van der Waals surface area contributed by atoms with Crippen molar-refractivity contribution in [3.05, 3.63) is 124 Å². The SMILES string of the molecule is COc1cc(C2C(C#N)=C(N)Oc3cc(OC(=O)COc4ccc(C(C)C)cc4)ccc32)ccc1OCc1ccc(F)cc1. The molecule has 1 aliphatic rings. The van der Waals surface area contributed by atoms with Crippen LogP contribution in [0.3, 0.4) is 0 Å². The van der Waals surface area contributed by atoms with E-state index < -0.39 is 11.9 Å². The fraction of sp³-hybridized carbons (Fsp3) is 0.200. The number of rotatable bonds is 10. The largest absolute Gasteiger partial charge is 0.493 e. The lowest BCUT2D eigenvalue weighted by atomic mass is 9.83. The number of carbonyl (C=O) groups is 1. The Kier molecular flexibility index (Phi) is 9.01. The number of methoxy groups -OCH3 is 1. The maximum absolute atomic E-state index is 13.2. The number of nitriles is 1. The van der Waals surface area contributed by atoms with Crippen LogP contribution in [0.25, 0.3) is 0 Å². The molecule has 0 radical (unpaired) electrons. The Labute approximate surface area is 255 Å². The summed E-state index contributed by atoms with van der Waals surface area (Å²) < 4.78 is 41.6. The molecule has 0 aromatic heterocycles. The zero-order chi connectivity index (χ0) is 31.2. The van der Waals surface area contributed by atoms with Crippen molar-refractivity contribution < 1.29 is 32.9 Å². The molecule has 1 aliphatic heterocycles. The van der Waals surface area contributed by atoms with Crippen molar-refractivity contribution in [2.75, 3.05) is 13.7 Å². The number of nitrogens with two attached hydrogens (primary N) is 1. The summed E-state index contributed by atoms with van der Waals surface area (Å²) >= 11 is 0. The Morgan fingerprint density at radius 2 is 1.68 bits per heavy atom. The van der Waals surface area contributed by atoms with Crippen LogP contribution in [-0.4, -0.2) is 19.7 Å². The number of hydrogen-bond donors (Lipinski definition) is 1. The molecule has 224 valence electrons. The zero-order valence-electron chi connectivity index (χ0n) is 24.5. The van der Waals surface area contributed by atoms with E-state index in [2.05, 4.69) is 19.9 Å². The van der Waals surface area contributed by atoms with E-state index in [1.165, 1.54) is 24.8 Å². The second-order valence-corrected chi connectivity index (χ2v) is 10.4. The molecule has 0 spiro atoms. The smallest absolute Gasteiger partial charge is 0.349 e. The van der Waals surface area contributed by atoms with Gasteiger partial charge in [0.05, 0.1) is 13.0 Å². The van der Waals surface area contributed by atoms with Gasteiger partial charge in [-0.05, 0) is 65.1 Å². The van der Waals surface area contributed by atoms with Crippen LogP contribution in [0, 0.1) is 17.1 Å². The van der Waals surface area contributed by atoms with E-state index in [0.29, 0.717) is 40.0 Å². The number of carbonyl (C=O) groups excluding carboxylic acids is 1. The van der Waals surface area contributed by atoms with Crippen molar-refractivity contribution in [3.63, 3.8) is 0 Å². The molecule has 0 saturated carbocycles. The number of ether oxygens (including phenoxy) is 5. The average molecular weight is 595 g/mol. The van der Waals surface area contributed by atoms with Gasteiger partial charge in [0, 0.05) is 11.6 Å². The van der Waals surface area contributed by atoms with E-state index in [1.807, 2.05) is 30.3 Å². The summed E-state index contributed by atoms with van der Waals surface area (Å²) in [6.45, 7) is 4.13. The Balaban J connectivity index is 1.32. The van der Waals surface area contributed by atoms with Crippen molar-refractivity contribution in [3.8, 4) is 34.8 Å². The second kappa shape index (κ2) is 13.2. The summed E-state index contributed by atoms with van der Waals surface area (Å²) in [5.74, 6) is 0.904. The predicted octanol–water partition coefficient (Wildman–Crippen LogP) is 6.74. The normalized spacial score (nSPS) is 13.9. The van der Waals surface area contributed by atoms with E-state index in [1.54, 1.807) is 42.5 Å². The Morgan fingerprint density at radius 1 is 0.955 bits per heavy atom. The molecule has 1 heterocycles. The summed E-state index contributed by atoms with van der Waals surface area (Å²) in [6, 6.07) is 26.0. The molecule has 1 atom stereocenters. The lowest BCUT2D eigenvalue weighted by Gasteiger charge is -2.27. The van der Waals surface area contributed by atoms with Crippen LogP contribution in [0.2, 0.25) is 0 Å². The van der Waals surface area contributed by atoms with Gasteiger partial charge in [0.1, 0.15) is 41.3 Å². The second-order valence-electron chi connectivity index (χ2n) is 10.4. The van der Waals surface area contributed by atoms with E-state index in [4.69, 9.17) is 29.4 Å². The van der Waals surface area contributed by atoms with Crippen molar-refractivity contribution in [1.82, 2.24) is 0 Å². The molecule has 0 aliphatic carbocycles. The van der Waals surface area contributed by atoms with Gasteiger partial charge in [0.15, 0.2) is 18.1 Å². The molecule has 4 aromatic rings. The Bertz CT molecular complexity index is 1730. The summed E-state index contributed by atoms with van der Waals surface area (Å²) in [6.07, 6.45) is 0. The molecular formula is C35H31FN2O6. The summed E-state index contributed by atoms with van der Waals surface area (Å²) in [7, 11) is 1.52. The monoisotopic (exact) mass is 594 g/mol.